The van der Waals surface area contributed by atoms with Crippen LogP contribution < -0.4 is 0 Å². The molecule has 0 N–H and O–H groups in total. The fourth-order valence-electron chi connectivity index (χ4n) is 2.47. The number of unbranched alkanes of at least 4 members (excludes halogenated alkanes) is 1. The molecule has 0 aromatic rings. The van der Waals surface area contributed by atoms with E-state index in [2.05, 4.69) is 44.4 Å². The number of rotatable bonds is 9. The van der Waals surface area contributed by atoms with Crippen LogP contribution in [0, 0.1) is 5.92 Å². The number of nitrogens with zero attached hydrogens (tertiary/aromatic N) is 2. The summed E-state index contributed by atoms with van der Waals surface area (Å²) < 4.78 is 5.24. The molecule has 1 aliphatic rings. The van der Waals surface area contributed by atoms with E-state index < -0.39 is 0 Å². The van der Waals surface area contributed by atoms with Gasteiger partial charge in [-0.3, -0.25) is 4.90 Å². The van der Waals surface area contributed by atoms with Gasteiger partial charge in [0, 0.05) is 13.1 Å². The lowest BCUT2D eigenvalue weighted by Gasteiger charge is -2.26. The van der Waals surface area contributed by atoms with Crippen molar-refractivity contribution < 1.29 is 4.74 Å². The largest absolute Gasteiger partial charge is 0.379 e. The molecule has 3 nitrogen and oxygen atoms in total. The summed E-state index contributed by atoms with van der Waals surface area (Å²) in [5, 5.41) is 0. The fourth-order valence-corrected chi connectivity index (χ4v) is 2.47. The minimum Gasteiger partial charge on any atom is -0.379 e. The van der Waals surface area contributed by atoms with Crippen LogP contribution in [0.3, 0.4) is 0 Å². The summed E-state index contributed by atoms with van der Waals surface area (Å²) in [5.74, 6) is 0.866. The lowest BCUT2D eigenvalue weighted by Crippen LogP contribution is -2.36. The topological polar surface area (TPSA) is 15.7 Å². The van der Waals surface area contributed by atoms with Crippen LogP contribution in [0.25, 0.3) is 0 Å². The van der Waals surface area contributed by atoms with E-state index in [4.69, 9.17) is 4.74 Å². The Bertz CT molecular complexity index is 199. The molecule has 0 aromatic carbocycles. The Hall–Kier alpha value is -0.120. The fraction of sp³-hybridized carbons (Fsp3) is 1.00. The predicted molar refractivity (Wildman–Crippen MR) is 94.0 cm³/mol. The van der Waals surface area contributed by atoms with Gasteiger partial charge in [-0.1, -0.05) is 41.0 Å². The van der Waals surface area contributed by atoms with Gasteiger partial charge in [0.25, 0.3) is 0 Å². The van der Waals surface area contributed by atoms with Crippen molar-refractivity contribution in [2.24, 2.45) is 5.92 Å². The highest BCUT2D eigenvalue weighted by Crippen LogP contribution is 2.04. The van der Waals surface area contributed by atoms with Gasteiger partial charge in [0.1, 0.15) is 0 Å². The predicted octanol–water partition coefficient (Wildman–Crippen LogP) is 3.88. The molecule has 0 aromatic heterocycles. The van der Waals surface area contributed by atoms with Crippen LogP contribution >= 0.6 is 0 Å². The zero-order chi connectivity index (χ0) is 15.9. The molecule has 1 fully saturated rings. The van der Waals surface area contributed by atoms with E-state index in [-0.39, 0.29) is 0 Å². The van der Waals surface area contributed by atoms with Gasteiger partial charge >= 0.3 is 0 Å². The molecule has 128 valence electrons. The molecule has 3 heteroatoms. The van der Waals surface area contributed by atoms with Gasteiger partial charge in [-0.05, 0) is 51.4 Å². The first-order valence-electron chi connectivity index (χ1n) is 9.16. The molecule has 1 aliphatic heterocycles. The second-order valence-corrected chi connectivity index (χ2v) is 6.37. The van der Waals surface area contributed by atoms with E-state index in [0.29, 0.717) is 0 Å². The molecular weight excluding hydrogens is 260 g/mol. The molecular formula is C18H40N2O. The first-order chi connectivity index (χ1) is 10.1. The summed E-state index contributed by atoms with van der Waals surface area (Å²) in [5.41, 5.74) is 0. The Morgan fingerprint density at radius 3 is 2.10 bits per heavy atom. The van der Waals surface area contributed by atoms with Crippen LogP contribution in [0.1, 0.15) is 60.3 Å². The van der Waals surface area contributed by atoms with Gasteiger partial charge in [-0.15, -0.1) is 0 Å². The van der Waals surface area contributed by atoms with Crippen molar-refractivity contribution in [3.8, 4) is 0 Å². The summed E-state index contributed by atoms with van der Waals surface area (Å²) in [6, 6.07) is 0. The zero-order valence-electron chi connectivity index (χ0n) is 15.4. The van der Waals surface area contributed by atoms with Crippen LogP contribution in [-0.4, -0.2) is 62.3 Å². The number of hydrogen-bond donors (Lipinski definition) is 0. The molecule has 0 spiro atoms. The molecule has 0 saturated carbocycles. The first kappa shape index (κ1) is 20.9. The molecule has 0 atom stereocenters. The second kappa shape index (κ2) is 14.8. The molecule has 1 rings (SSSR count). The molecule has 1 saturated heterocycles. The van der Waals surface area contributed by atoms with Crippen LogP contribution in [0.15, 0.2) is 0 Å². The monoisotopic (exact) mass is 300 g/mol. The molecule has 0 unspecified atom stereocenters. The average Bonchev–Trinajstić information content (AvgIpc) is 2.51. The van der Waals surface area contributed by atoms with E-state index in [0.717, 1.165) is 32.2 Å². The van der Waals surface area contributed by atoms with Crippen molar-refractivity contribution in [2.45, 2.75) is 60.3 Å². The number of morpholine rings is 1. The third kappa shape index (κ3) is 13.3. The first-order valence-corrected chi connectivity index (χ1v) is 9.16. The Morgan fingerprint density at radius 2 is 1.62 bits per heavy atom. The standard InChI is InChI=1S/C10H23N.C8H17NO/c1-5-11(6-2)9-7-8-10(3)4;1-2-3-4-9-5-7-10-8-6-9/h10H,5-9H2,1-4H3;2-8H2,1H3. The molecule has 21 heavy (non-hydrogen) atoms. The van der Waals surface area contributed by atoms with Crippen LogP contribution in [0.4, 0.5) is 0 Å². The highest BCUT2D eigenvalue weighted by Gasteiger charge is 2.07. The van der Waals surface area contributed by atoms with Crippen molar-refractivity contribution in [3.63, 3.8) is 0 Å². The zero-order valence-corrected chi connectivity index (χ0v) is 15.4. The van der Waals surface area contributed by atoms with Gasteiger partial charge in [0.15, 0.2) is 0 Å². The molecule has 0 radical (unpaired) electrons. The molecule has 0 amide bonds. The second-order valence-electron chi connectivity index (χ2n) is 6.37. The van der Waals surface area contributed by atoms with E-state index >= 15 is 0 Å². The highest BCUT2D eigenvalue weighted by molar-refractivity contribution is 4.60. The van der Waals surface area contributed by atoms with E-state index in [1.54, 1.807) is 0 Å². The molecule has 0 bridgehead atoms. The maximum atomic E-state index is 5.24. The summed E-state index contributed by atoms with van der Waals surface area (Å²) in [6.45, 7) is 20.4. The average molecular weight is 301 g/mol. The van der Waals surface area contributed by atoms with Gasteiger partial charge in [-0.25, -0.2) is 0 Å². The van der Waals surface area contributed by atoms with Gasteiger partial charge < -0.3 is 9.64 Å². The van der Waals surface area contributed by atoms with E-state index in [1.807, 2.05) is 0 Å². The summed E-state index contributed by atoms with van der Waals surface area (Å²) in [6.07, 6.45) is 5.37. The quantitative estimate of drug-likeness (QED) is 0.642. The lowest BCUT2D eigenvalue weighted by atomic mass is 10.1. The Balaban J connectivity index is 0.000000382. The van der Waals surface area contributed by atoms with E-state index in [1.165, 1.54) is 51.9 Å². The van der Waals surface area contributed by atoms with Crippen molar-refractivity contribution in [3.05, 3.63) is 0 Å². The van der Waals surface area contributed by atoms with Crippen molar-refractivity contribution >= 4 is 0 Å². The smallest absolute Gasteiger partial charge is 0.0594 e. The van der Waals surface area contributed by atoms with Crippen molar-refractivity contribution in [1.29, 1.82) is 0 Å². The van der Waals surface area contributed by atoms with Crippen molar-refractivity contribution in [2.75, 3.05) is 52.5 Å². The SMILES string of the molecule is CCCCN1CCOCC1.CCN(CC)CCCC(C)C. The number of hydrogen-bond acceptors (Lipinski definition) is 3. The molecule has 0 aliphatic carbocycles. The van der Waals surface area contributed by atoms with Gasteiger partial charge in [-0.2, -0.15) is 0 Å². The molecule has 1 heterocycles. The summed E-state index contributed by atoms with van der Waals surface area (Å²) in [4.78, 5) is 4.97. The van der Waals surface area contributed by atoms with E-state index in [9.17, 15) is 0 Å². The van der Waals surface area contributed by atoms with Crippen LogP contribution in [-0.2, 0) is 4.74 Å². The van der Waals surface area contributed by atoms with Crippen LogP contribution in [0.5, 0.6) is 0 Å². The Morgan fingerprint density at radius 1 is 1.00 bits per heavy atom. The normalized spacial score (nSPS) is 16.1. The third-order valence-electron chi connectivity index (χ3n) is 4.08. The maximum Gasteiger partial charge on any atom is 0.0594 e. The third-order valence-corrected chi connectivity index (χ3v) is 4.08. The van der Waals surface area contributed by atoms with Crippen LogP contribution in [0.2, 0.25) is 0 Å². The highest BCUT2D eigenvalue weighted by atomic mass is 16.5. The summed E-state index contributed by atoms with van der Waals surface area (Å²) in [7, 11) is 0. The minimum absolute atomic E-state index is 0.866. The number of ether oxygens (including phenoxy) is 1. The van der Waals surface area contributed by atoms with Gasteiger partial charge in [0.05, 0.1) is 13.2 Å². The summed E-state index contributed by atoms with van der Waals surface area (Å²) >= 11 is 0. The van der Waals surface area contributed by atoms with Crippen molar-refractivity contribution in [1.82, 2.24) is 9.80 Å². The Labute approximate surface area is 134 Å². The lowest BCUT2D eigenvalue weighted by molar-refractivity contribution is 0.0373. The Kier molecular flexibility index (Phi) is 14.7. The van der Waals surface area contributed by atoms with Gasteiger partial charge in [0.2, 0.25) is 0 Å². The minimum atomic E-state index is 0.866. The maximum absolute atomic E-state index is 5.24.